The lowest BCUT2D eigenvalue weighted by molar-refractivity contribution is 0.780. The standard InChI is InChI=1S/C24H22N6O/c1-4-25-22-10-7-17-12-20(16-6-9-21-18(11-16)14-29(3)28-21)24(31)30(23(17)27-22)19-8-5-15(2)26-13-19/h5-14H,4H2,1-3H3,(H,25,27). The van der Waals surface area contributed by atoms with Crippen LogP contribution in [0.1, 0.15) is 12.6 Å². The number of benzene rings is 1. The first-order chi connectivity index (χ1) is 15.0. The van der Waals surface area contributed by atoms with Crippen LogP contribution >= 0.6 is 0 Å². The number of nitrogens with zero attached hydrogens (tertiary/aromatic N) is 5. The predicted octanol–water partition coefficient (Wildman–Crippen LogP) is 4.07. The Morgan fingerprint density at radius 2 is 1.90 bits per heavy atom. The van der Waals surface area contributed by atoms with Gasteiger partial charge < -0.3 is 5.32 Å². The summed E-state index contributed by atoms with van der Waals surface area (Å²) in [5, 5.41) is 9.52. The van der Waals surface area contributed by atoms with Crippen molar-refractivity contribution >= 4 is 27.8 Å². The van der Waals surface area contributed by atoms with Gasteiger partial charge in [0.25, 0.3) is 5.56 Å². The lowest BCUT2D eigenvalue weighted by atomic mass is 10.0. The Morgan fingerprint density at radius 3 is 2.68 bits per heavy atom. The van der Waals surface area contributed by atoms with Crippen LogP contribution in [-0.2, 0) is 7.05 Å². The van der Waals surface area contributed by atoms with Crippen LogP contribution in [0, 0.1) is 6.92 Å². The SMILES string of the molecule is CCNc1ccc2cc(-c3ccc4nn(C)cc4c3)c(=O)n(-c3ccc(C)nc3)c2n1. The molecule has 154 valence electrons. The molecule has 7 nitrogen and oxygen atoms in total. The molecule has 0 aliphatic rings. The second kappa shape index (κ2) is 7.36. The molecule has 0 fully saturated rings. The Bertz CT molecular complexity index is 1480. The number of nitrogens with one attached hydrogen (secondary N) is 1. The summed E-state index contributed by atoms with van der Waals surface area (Å²) in [5.41, 5.74) is 4.38. The van der Waals surface area contributed by atoms with E-state index in [9.17, 15) is 4.79 Å². The zero-order valence-electron chi connectivity index (χ0n) is 17.6. The van der Waals surface area contributed by atoms with Crippen molar-refractivity contribution in [1.82, 2.24) is 24.3 Å². The highest BCUT2D eigenvalue weighted by molar-refractivity contribution is 5.88. The third-order valence-electron chi connectivity index (χ3n) is 5.29. The van der Waals surface area contributed by atoms with E-state index in [1.54, 1.807) is 15.4 Å². The largest absolute Gasteiger partial charge is 0.370 e. The van der Waals surface area contributed by atoms with Gasteiger partial charge in [-0.2, -0.15) is 5.10 Å². The average Bonchev–Trinajstić information content (AvgIpc) is 3.14. The summed E-state index contributed by atoms with van der Waals surface area (Å²) in [4.78, 5) is 22.9. The highest BCUT2D eigenvalue weighted by atomic mass is 16.1. The number of aryl methyl sites for hydroxylation is 2. The minimum absolute atomic E-state index is 0.137. The predicted molar refractivity (Wildman–Crippen MR) is 124 cm³/mol. The topological polar surface area (TPSA) is 77.6 Å². The van der Waals surface area contributed by atoms with E-state index in [1.165, 1.54) is 0 Å². The van der Waals surface area contributed by atoms with Gasteiger partial charge in [-0.05, 0) is 61.9 Å². The molecule has 1 N–H and O–H groups in total. The zero-order valence-corrected chi connectivity index (χ0v) is 17.6. The number of hydrogen-bond acceptors (Lipinski definition) is 5. The van der Waals surface area contributed by atoms with Gasteiger partial charge in [-0.1, -0.05) is 6.07 Å². The molecule has 0 atom stereocenters. The molecule has 0 saturated heterocycles. The average molecular weight is 410 g/mol. The van der Waals surface area contributed by atoms with Crippen LogP contribution in [0.15, 0.2) is 65.7 Å². The van der Waals surface area contributed by atoms with E-state index in [4.69, 9.17) is 4.98 Å². The van der Waals surface area contributed by atoms with Crippen LogP contribution in [0.3, 0.4) is 0 Å². The second-order valence-corrected chi connectivity index (χ2v) is 7.57. The third-order valence-corrected chi connectivity index (χ3v) is 5.29. The van der Waals surface area contributed by atoms with Crippen molar-refractivity contribution in [2.75, 3.05) is 11.9 Å². The maximum atomic E-state index is 13.7. The second-order valence-electron chi connectivity index (χ2n) is 7.57. The van der Waals surface area contributed by atoms with E-state index >= 15 is 0 Å². The number of anilines is 1. The van der Waals surface area contributed by atoms with Gasteiger partial charge in [0.15, 0.2) is 0 Å². The van der Waals surface area contributed by atoms with Crippen molar-refractivity contribution in [2.45, 2.75) is 13.8 Å². The zero-order chi connectivity index (χ0) is 21.5. The van der Waals surface area contributed by atoms with Gasteiger partial charge in [-0.3, -0.25) is 19.0 Å². The Labute approximate surface area is 179 Å². The fourth-order valence-corrected chi connectivity index (χ4v) is 3.82. The fraction of sp³-hybridized carbons (Fsp3) is 0.167. The minimum atomic E-state index is -0.137. The summed E-state index contributed by atoms with van der Waals surface area (Å²) < 4.78 is 3.42. The van der Waals surface area contributed by atoms with Crippen LogP contribution in [0.5, 0.6) is 0 Å². The molecule has 5 aromatic rings. The van der Waals surface area contributed by atoms with E-state index in [0.717, 1.165) is 39.9 Å². The first kappa shape index (κ1) is 19.0. The smallest absolute Gasteiger partial charge is 0.264 e. The molecule has 1 aromatic carbocycles. The lowest BCUT2D eigenvalue weighted by Crippen LogP contribution is -2.22. The quantitative estimate of drug-likeness (QED) is 0.483. The Kier molecular flexibility index (Phi) is 4.51. The molecule has 5 rings (SSSR count). The molecular formula is C24H22N6O. The first-order valence-electron chi connectivity index (χ1n) is 10.2. The van der Waals surface area contributed by atoms with Gasteiger partial charge in [0.05, 0.1) is 17.4 Å². The van der Waals surface area contributed by atoms with Gasteiger partial charge in [-0.15, -0.1) is 0 Å². The molecular weight excluding hydrogens is 388 g/mol. The number of aromatic nitrogens is 5. The molecule has 31 heavy (non-hydrogen) atoms. The maximum absolute atomic E-state index is 13.7. The molecule has 7 heteroatoms. The number of pyridine rings is 3. The molecule has 4 aromatic heterocycles. The highest BCUT2D eigenvalue weighted by Crippen LogP contribution is 2.26. The summed E-state index contributed by atoms with van der Waals surface area (Å²) >= 11 is 0. The van der Waals surface area contributed by atoms with Crippen molar-refractivity contribution < 1.29 is 0 Å². The van der Waals surface area contributed by atoms with Gasteiger partial charge >= 0.3 is 0 Å². The monoisotopic (exact) mass is 410 g/mol. The van der Waals surface area contributed by atoms with Crippen molar-refractivity contribution in [3.05, 3.63) is 77.0 Å². The molecule has 4 heterocycles. The Morgan fingerprint density at radius 1 is 1.03 bits per heavy atom. The Balaban J connectivity index is 1.81. The van der Waals surface area contributed by atoms with Crippen LogP contribution in [-0.4, -0.2) is 30.9 Å². The van der Waals surface area contributed by atoms with Gasteiger partial charge in [0.2, 0.25) is 0 Å². The summed E-state index contributed by atoms with van der Waals surface area (Å²) in [7, 11) is 1.89. The maximum Gasteiger partial charge on any atom is 0.264 e. The van der Waals surface area contributed by atoms with Crippen LogP contribution in [0.25, 0.3) is 38.8 Å². The number of fused-ring (bicyclic) bond motifs is 2. The molecule has 0 spiro atoms. The van der Waals surface area contributed by atoms with E-state index in [-0.39, 0.29) is 5.56 Å². The van der Waals surface area contributed by atoms with E-state index in [0.29, 0.717) is 16.9 Å². The Hall–Kier alpha value is -4.00. The molecule has 0 radical (unpaired) electrons. The van der Waals surface area contributed by atoms with Gasteiger partial charge in [0.1, 0.15) is 11.5 Å². The summed E-state index contributed by atoms with van der Waals surface area (Å²) in [5.74, 6) is 0.729. The third kappa shape index (κ3) is 3.34. The van der Waals surface area contributed by atoms with E-state index in [2.05, 4.69) is 15.4 Å². The fourth-order valence-electron chi connectivity index (χ4n) is 3.82. The van der Waals surface area contributed by atoms with Gasteiger partial charge in [0, 0.05) is 41.8 Å². The first-order valence-corrected chi connectivity index (χ1v) is 10.2. The van der Waals surface area contributed by atoms with Crippen molar-refractivity contribution in [2.24, 2.45) is 7.05 Å². The van der Waals surface area contributed by atoms with Crippen LogP contribution in [0.4, 0.5) is 5.82 Å². The normalized spacial score (nSPS) is 11.3. The summed E-state index contributed by atoms with van der Waals surface area (Å²) in [6, 6.07) is 15.5. The molecule has 0 unspecified atom stereocenters. The highest BCUT2D eigenvalue weighted by Gasteiger charge is 2.15. The molecule has 0 saturated carbocycles. The van der Waals surface area contributed by atoms with Crippen molar-refractivity contribution in [3.63, 3.8) is 0 Å². The molecule has 0 amide bonds. The summed E-state index contributed by atoms with van der Waals surface area (Å²) in [6.07, 6.45) is 3.67. The van der Waals surface area contributed by atoms with Crippen molar-refractivity contribution in [1.29, 1.82) is 0 Å². The number of hydrogen-bond donors (Lipinski definition) is 1. The summed E-state index contributed by atoms with van der Waals surface area (Å²) in [6.45, 7) is 4.68. The van der Waals surface area contributed by atoms with Gasteiger partial charge in [-0.25, -0.2) is 4.98 Å². The van der Waals surface area contributed by atoms with E-state index < -0.39 is 0 Å². The van der Waals surface area contributed by atoms with Crippen molar-refractivity contribution in [3.8, 4) is 16.8 Å². The molecule has 0 aliphatic carbocycles. The van der Waals surface area contributed by atoms with E-state index in [1.807, 2.05) is 75.6 Å². The molecule has 0 aliphatic heterocycles. The minimum Gasteiger partial charge on any atom is -0.370 e. The lowest BCUT2D eigenvalue weighted by Gasteiger charge is -2.14. The van der Waals surface area contributed by atoms with Crippen LogP contribution in [0.2, 0.25) is 0 Å². The molecule has 0 bridgehead atoms. The van der Waals surface area contributed by atoms with Crippen LogP contribution < -0.4 is 10.9 Å². The number of rotatable bonds is 4.